The first-order valence-electron chi connectivity index (χ1n) is 6.57. The van der Waals surface area contributed by atoms with Gasteiger partial charge in [-0.1, -0.05) is 25.1 Å². The fraction of sp³-hybridized carbons (Fsp3) is 0.400. The first kappa shape index (κ1) is 13.7. The number of halogens is 1. The molecule has 102 valence electrons. The van der Waals surface area contributed by atoms with Crippen LogP contribution in [0, 0.1) is 5.82 Å². The average Bonchev–Trinajstić information content (AvgIpc) is 2.82. The van der Waals surface area contributed by atoms with Gasteiger partial charge in [-0.3, -0.25) is 0 Å². The van der Waals surface area contributed by atoms with Gasteiger partial charge in [0.05, 0.1) is 0 Å². The fourth-order valence-electron chi connectivity index (χ4n) is 2.34. The molecule has 2 aromatic rings. The first-order chi connectivity index (χ1) is 9.07. The minimum atomic E-state index is -0.642. The summed E-state index contributed by atoms with van der Waals surface area (Å²) in [6, 6.07) is 6.76. The number of rotatable bonds is 5. The van der Waals surface area contributed by atoms with Gasteiger partial charge in [-0.25, -0.2) is 9.37 Å². The summed E-state index contributed by atoms with van der Waals surface area (Å²) < 4.78 is 15.9. The van der Waals surface area contributed by atoms with Crippen LogP contribution in [0.3, 0.4) is 0 Å². The summed E-state index contributed by atoms with van der Waals surface area (Å²) in [5.41, 5.74) is 6.36. The molecule has 2 rings (SSSR count). The summed E-state index contributed by atoms with van der Waals surface area (Å²) in [6.45, 7) is 1.99. The molecule has 1 aromatic heterocycles. The predicted molar refractivity (Wildman–Crippen MR) is 74.1 cm³/mol. The van der Waals surface area contributed by atoms with Gasteiger partial charge in [0.25, 0.3) is 0 Å². The molecule has 19 heavy (non-hydrogen) atoms. The molecule has 0 bridgehead atoms. The Morgan fingerprint density at radius 2 is 2.11 bits per heavy atom. The van der Waals surface area contributed by atoms with E-state index in [1.807, 2.05) is 30.8 Å². The van der Waals surface area contributed by atoms with E-state index in [9.17, 15) is 4.39 Å². The average molecular weight is 261 g/mol. The Labute approximate surface area is 113 Å². The van der Waals surface area contributed by atoms with Crippen molar-refractivity contribution >= 4 is 0 Å². The Hall–Kier alpha value is -1.68. The predicted octanol–water partition coefficient (Wildman–Crippen LogP) is 2.76. The van der Waals surface area contributed by atoms with E-state index in [1.54, 1.807) is 18.3 Å². The van der Waals surface area contributed by atoms with Crippen LogP contribution in [0.15, 0.2) is 36.7 Å². The smallest absolute Gasteiger partial charge is 0.128 e. The zero-order valence-corrected chi connectivity index (χ0v) is 11.4. The molecule has 0 aliphatic heterocycles. The van der Waals surface area contributed by atoms with Crippen LogP contribution in [0.25, 0.3) is 0 Å². The van der Waals surface area contributed by atoms with Crippen molar-refractivity contribution in [1.29, 1.82) is 0 Å². The number of aromatic nitrogens is 2. The molecule has 4 heteroatoms. The molecular weight excluding hydrogens is 241 g/mol. The molecule has 0 spiro atoms. The molecule has 1 atom stereocenters. The van der Waals surface area contributed by atoms with Crippen LogP contribution < -0.4 is 5.73 Å². The van der Waals surface area contributed by atoms with Crippen molar-refractivity contribution in [3.05, 3.63) is 53.9 Å². The minimum absolute atomic E-state index is 0.230. The number of nitrogens with two attached hydrogens (primary N) is 1. The topological polar surface area (TPSA) is 43.8 Å². The zero-order chi connectivity index (χ0) is 13.9. The van der Waals surface area contributed by atoms with Crippen LogP contribution in [-0.2, 0) is 19.0 Å². The fourth-order valence-corrected chi connectivity index (χ4v) is 2.34. The molecule has 0 saturated carbocycles. The highest BCUT2D eigenvalue weighted by atomic mass is 19.1. The van der Waals surface area contributed by atoms with Crippen molar-refractivity contribution in [2.24, 2.45) is 12.8 Å². The molecule has 1 heterocycles. The van der Waals surface area contributed by atoms with E-state index in [2.05, 4.69) is 4.98 Å². The molecule has 0 fully saturated rings. The van der Waals surface area contributed by atoms with Gasteiger partial charge in [0, 0.05) is 37.0 Å². The van der Waals surface area contributed by atoms with Gasteiger partial charge in [-0.05, 0) is 18.9 Å². The highest BCUT2D eigenvalue weighted by Gasteiger charge is 2.28. The Morgan fingerprint density at radius 1 is 1.37 bits per heavy atom. The van der Waals surface area contributed by atoms with Crippen LogP contribution >= 0.6 is 0 Å². The van der Waals surface area contributed by atoms with Gasteiger partial charge in [-0.2, -0.15) is 0 Å². The van der Waals surface area contributed by atoms with E-state index >= 15 is 0 Å². The number of imidazole rings is 1. The standard InChI is InChI=1S/C15H20FN3/c1-3-15(17,12-6-4-5-7-13(12)16)9-8-14-18-10-11-19(14)2/h4-7,10-11H,3,8-9,17H2,1-2H3. The third-order valence-electron chi connectivity index (χ3n) is 3.76. The maximum Gasteiger partial charge on any atom is 0.128 e. The number of benzene rings is 1. The third-order valence-corrected chi connectivity index (χ3v) is 3.76. The molecule has 0 radical (unpaired) electrons. The van der Waals surface area contributed by atoms with E-state index in [4.69, 9.17) is 5.73 Å². The monoisotopic (exact) mass is 261 g/mol. The molecule has 2 N–H and O–H groups in total. The lowest BCUT2D eigenvalue weighted by Gasteiger charge is -2.29. The summed E-state index contributed by atoms with van der Waals surface area (Å²) in [5, 5.41) is 0. The van der Waals surface area contributed by atoms with Gasteiger partial charge in [0.1, 0.15) is 11.6 Å². The van der Waals surface area contributed by atoms with Crippen LogP contribution in [0.4, 0.5) is 4.39 Å². The molecule has 0 amide bonds. The van der Waals surface area contributed by atoms with Gasteiger partial charge in [0.2, 0.25) is 0 Å². The van der Waals surface area contributed by atoms with Crippen molar-refractivity contribution in [2.45, 2.75) is 31.7 Å². The first-order valence-corrected chi connectivity index (χ1v) is 6.57. The van der Waals surface area contributed by atoms with Crippen molar-refractivity contribution in [2.75, 3.05) is 0 Å². The number of hydrogen-bond donors (Lipinski definition) is 1. The quantitative estimate of drug-likeness (QED) is 0.899. The maximum absolute atomic E-state index is 13.9. The van der Waals surface area contributed by atoms with E-state index in [0.29, 0.717) is 18.4 Å². The minimum Gasteiger partial charge on any atom is -0.338 e. The lowest BCUT2D eigenvalue weighted by atomic mass is 9.83. The number of aryl methyl sites for hydroxylation is 2. The van der Waals surface area contributed by atoms with Crippen molar-refractivity contribution in [3.63, 3.8) is 0 Å². The lowest BCUT2D eigenvalue weighted by molar-refractivity contribution is 0.372. The summed E-state index contributed by atoms with van der Waals surface area (Å²) in [7, 11) is 1.95. The molecule has 0 saturated heterocycles. The number of nitrogens with zero attached hydrogens (tertiary/aromatic N) is 2. The van der Waals surface area contributed by atoms with Crippen molar-refractivity contribution in [3.8, 4) is 0 Å². The Kier molecular flexibility index (Phi) is 4.00. The van der Waals surface area contributed by atoms with E-state index in [-0.39, 0.29) is 5.82 Å². The van der Waals surface area contributed by atoms with Crippen LogP contribution in [-0.4, -0.2) is 9.55 Å². The lowest BCUT2D eigenvalue weighted by Crippen LogP contribution is -2.37. The van der Waals surface area contributed by atoms with Gasteiger partial charge in [0.15, 0.2) is 0 Å². The normalized spacial score (nSPS) is 14.3. The zero-order valence-electron chi connectivity index (χ0n) is 11.4. The second-order valence-electron chi connectivity index (χ2n) is 4.94. The second-order valence-corrected chi connectivity index (χ2v) is 4.94. The Balaban J connectivity index is 2.19. The largest absolute Gasteiger partial charge is 0.338 e. The maximum atomic E-state index is 13.9. The van der Waals surface area contributed by atoms with Crippen LogP contribution in [0.2, 0.25) is 0 Å². The van der Waals surface area contributed by atoms with Crippen molar-refractivity contribution < 1.29 is 4.39 Å². The molecule has 3 nitrogen and oxygen atoms in total. The molecule has 1 aromatic carbocycles. The van der Waals surface area contributed by atoms with E-state index in [0.717, 1.165) is 12.2 Å². The molecular formula is C15H20FN3. The molecule has 0 aliphatic rings. The summed E-state index contributed by atoms with van der Waals surface area (Å²) >= 11 is 0. The highest BCUT2D eigenvalue weighted by Crippen LogP contribution is 2.29. The third kappa shape index (κ3) is 2.84. The summed E-state index contributed by atoms with van der Waals surface area (Å²) in [4.78, 5) is 4.28. The van der Waals surface area contributed by atoms with Crippen molar-refractivity contribution in [1.82, 2.24) is 9.55 Å². The second kappa shape index (κ2) is 5.53. The van der Waals surface area contributed by atoms with Gasteiger partial charge < -0.3 is 10.3 Å². The van der Waals surface area contributed by atoms with Gasteiger partial charge >= 0.3 is 0 Å². The summed E-state index contributed by atoms with van der Waals surface area (Å²) in [5.74, 6) is 0.742. The summed E-state index contributed by atoms with van der Waals surface area (Å²) in [6.07, 6.45) is 5.78. The number of hydrogen-bond acceptors (Lipinski definition) is 2. The Morgan fingerprint density at radius 3 is 2.68 bits per heavy atom. The Bertz CT molecular complexity index is 550. The highest BCUT2D eigenvalue weighted by molar-refractivity contribution is 5.26. The SMILES string of the molecule is CCC(N)(CCc1nccn1C)c1ccccc1F. The van der Waals surface area contributed by atoms with Gasteiger partial charge in [-0.15, -0.1) is 0 Å². The molecule has 0 aliphatic carbocycles. The molecule has 1 unspecified atom stereocenters. The van der Waals surface area contributed by atoms with E-state index < -0.39 is 5.54 Å². The van der Waals surface area contributed by atoms with E-state index in [1.165, 1.54) is 6.07 Å². The van der Waals surface area contributed by atoms with Crippen LogP contribution in [0.1, 0.15) is 31.2 Å². The van der Waals surface area contributed by atoms with Crippen LogP contribution in [0.5, 0.6) is 0 Å².